The van der Waals surface area contributed by atoms with Gasteiger partial charge in [-0.05, 0) is 23.8 Å². The van der Waals surface area contributed by atoms with Crippen molar-refractivity contribution in [3.8, 4) is 0 Å². The molecule has 0 amide bonds. The Hall–Kier alpha value is -2.84. The number of carbonyl (C=O) groups excluding carboxylic acids is 2. The Labute approximate surface area is 163 Å². The number of alkyl halides is 3. The lowest BCUT2D eigenvalue weighted by Crippen LogP contribution is -2.51. The van der Waals surface area contributed by atoms with Gasteiger partial charge in [0.05, 0.1) is 22.6 Å². The van der Waals surface area contributed by atoms with Gasteiger partial charge in [-0.2, -0.15) is 13.2 Å². The van der Waals surface area contributed by atoms with Crippen molar-refractivity contribution in [2.24, 2.45) is 0 Å². The van der Waals surface area contributed by atoms with Gasteiger partial charge in [-0.25, -0.2) is 0 Å². The molecule has 0 saturated heterocycles. The minimum atomic E-state index is -5.19. The highest BCUT2D eigenvalue weighted by Gasteiger charge is 2.28. The van der Waals surface area contributed by atoms with Crippen LogP contribution in [0.4, 0.5) is 13.2 Å². The molecule has 3 N–H and O–H groups in total. The fraction of sp³-hybridized carbons (Fsp3) is 0.158. The SMILES string of the molecule is O=C([O-])C(F)(F)F.[NH3+]CCc1cn(C(=O)c2ccccc2Cl)c2ccccc12. The van der Waals surface area contributed by atoms with Crippen molar-refractivity contribution in [1.29, 1.82) is 0 Å². The highest BCUT2D eigenvalue weighted by Crippen LogP contribution is 2.24. The van der Waals surface area contributed by atoms with Crippen LogP contribution >= 0.6 is 11.6 Å². The first-order valence-corrected chi connectivity index (χ1v) is 8.50. The highest BCUT2D eigenvalue weighted by molar-refractivity contribution is 6.34. The van der Waals surface area contributed by atoms with Crippen LogP contribution in [0.3, 0.4) is 0 Å². The molecule has 0 atom stereocenters. The van der Waals surface area contributed by atoms with E-state index in [0.717, 1.165) is 29.4 Å². The zero-order chi connectivity index (χ0) is 20.9. The molecular formula is C19H16ClF3N2O3. The van der Waals surface area contributed by atoms with E-state index in [0.29, 0.717) is 10.6 Å². The molecule has 28 heavy (non-hydrogen) atoms. The van der Waals surface area contributed by atoms with Crippen molar-refractivity contribution in [2.45, 2.75) is 12.6 Å². The number of carboxylic acids is 1. The summed E-state index contributed by atoms with van der Waals surface area (Å²) in [6.45, 7) is 0.800. The summed E-state index contributed by atoms with van der Waals surface area (Å²) in [7, 11) is 0. The summed E-state index contributed by atoms with van der Waals surface area (Å²) in [4.78, 5) is 21.5. The molecule has 5 nitrogen and oxygen atoms in total. The van der Waals surface area contributed by atoms with Crippen molar-refractivity contribution in [1.82, 2.24) is 4.57 Å². The Morgan fingerprint density at radius 3 is 2.21 bits per heavy atom. The number of benzene rings is 2. The van der Waals surface area contributed by atoms with Crippen LogP contribution in [0.1, 0.15) is 15.9 Å². The summed E-state index contributed by atoms with van der Waals surface area (Å²) in [6.07, 6.45) is -2.44. The van der Waals surface area contributed by atoms with Gasteiger partial charge in [-0.3, -0.25) is 9.36 Å². The average molecular weight is 413 g/mol. The average Bonchev–Trinajstić information content (AvgIpc) is 3.00. The van der Waals surface area contributed by atoms with Gasteiger partial charge >= 0.3 is 6.18 Å². The number of halogens is 4. The number of quaternary nitrogens is 1. The maximum atomic E-state index is 12.8. The highest BCUT2D eigenvalue weighted by atomic mass is 35.5. The number of hydrogen-bond acceptors (Lipinski definition) is 3. The van der Waals surface area contributed by atoms with Gasteiger partial charge in [0.25, 0.3) is 5.91 Å². The first-order valence-electron chi connectivity index (χ1n) is 8.12. The number of aliphatic carboxylic acids is 1. The molecule has 148 valence electrons. The van der Waals surface area contributed by atoms with Crippen LogP contribution in [-0.2, 0) is 11.2 Å². The molecule has 9 heteroatoms. The van der Waals surface area contributed by atoms with Gasteiger partial charge < -0.3 is 15.6 Å². The number of hydrogen-bond donors (Lipinski definition) is 1. The van der Waals surface area contributed by atoms with Crippen molar-refractivity contribution >= 4 is 34.4 Å². The maximum absolute atomic E-state index is 12.8. The quantitative estimate of drug-likeness (QED) is 0.714. The fourth-order valence-electron chi connectivity index (χ4n) is 2.57. The zero-order valence-corrected chi connectivity index (χ0v) is 15.3. The lowest BCUT2D eigenvalue weighted by Gasteiger charge is -2.05. The summed E-state index contributed by atoms with van der Waals surface area (Å²) in [5, 5.41) is 10.4. The minimum Gasteiger partial charge on any atom is -0.542 e. The van der Waals surface area contributed by atoms with Crippen LogP contribution in [0.5, 0.6) is 0 Å². The fourth-order valence-corrected chi connectivity index (χ4v) is 2.79. The molecule has 2 aromatic carbocycles. The monoisotopic (exact) mass is 412 g/mol. The summed E-state index contributed by atoms with van der Waals surface area (Å²) in [6, 6.07) is 15.0. The van der Waals surface area contributed by atoms with Gasteiger partial charge in [-0.15, -0.1) is 0 Å². The summed E-state index contributed by atoms with van der Waals surface area (Å²) in [5.74, 6) is -3.11. The maximum Gasteiger partial charge on any atom is 0.430 e. The Balaban J connectivity index is 0.000000345. The predicted molar refractivity (Wildman–Crippen MR) is 95.6 cm³/mol. The van der Waals surface area contributed by atoms with E-state index < -0.39 is 12.1 Å². The van der Waals surface area contributed by atoms with Gasteiger partial charge in [0.2, 0.25) is 0 Å². The number of aromatic nitrogens is 1. The molecule has 0 aliphatic carbocycles. The third-order valence-electron chi connectivity index (χ3n) is 3.80. The Morgan fingerprint density at radius 2 is 1.64 bits per heavy atom. The molecule has 0 unspecified atom stereocenters. The number of nitrogens with zero attached hydrogens (tertiary/aromatic N) is 1. The lowest BCUT2D eigenvalue weighted by atomic mass is 10.1. The molecule has 0 aliphatic rings. The van der Waals surface area contributed by atoms with Crippen LogP contribution in [0.2, 0.25) is 5.02 Å². The largest absolute Gasteiger partial charge is 0.542 e. The smallest absolute Gasteiger partial charge is 0.430 e. The Bertz CT molecular complexity index is 999. The van der Waals surface area contributed by atoms with Crippen molar-refractivity contribution < 1.29 is 33.6 Å². The standard InChI is InChI=1S/C17H15ClN2O.C2HF3O2/c18-15-7-3-1-6-14(15)17(21)20-11-12(9-10-19)13-5-2-4-8-16(13)20;3-2(4,5)1(6)7/h1-8,11H,9-10,19H2;(H,6,7). The second-order valence-corrected chi connectivity index (χ2v) is 6.12. The molecule has 1 heterocycles. The van der Waals surface area contributed by atoms with E-state index >= 15 is 0 Å². The first-order chi connectivity index (χ1) is 13.2. The summed E-state index contributed by atoms with van der Waals surface area (Å²) < 4.78 is 33.2. The number of rotatable bonds is 3. The van der Waals surface area contributed by atoms with Crippen LogP contribution in [0.15, 0.2) is 54.7 Å². The predicted octanol–water partition coefficient (Wildman–Crippen LogP) is 2.07. The van der Waals surface area contributed by atoms with E-state index in [9.17, 15) is 18.0 Å². The van der Waals surface area contributed by atoms with Gasteiger partial charge in [0.1, 0.15) is 5.97 Å². The molecule has 1 aromatic heterocycles. The van der Waals surface area contributed by atoms with E-state index in [2.05, 4.69) is 5.73 Å². The zero-order valence-electron chi connectivity index (χ0n) is 14.5. The number of fused-ring (bicyclic) bond motifs is 1. The number of para-hydroxylation sites is 1. The number of carboxylic acid groups (broad SMARTS) is 1. The lowest BCUT2D eigenvalue weighted by molar-refractivity contribution is -0.366. The summed E-state index contributed by atoms with van der Waals surface area (Å²) >= 11 is 6.14. The topological polar surface area (TPSA) is 89.8 Å². The van der Waals surface area contributed by atoms with Crippen LogP contribution < -0.4 is 10.8 Å². The second-order valence-electron chi connectivity index (χ2n) is 5.72. The molecular weight excluding hydrogens is 397 g/mol. The van der Waals surface area contributed by atoms with E-state index in [1.165, 1.54) is 0 Å². The number of carbonyl (C=O) groups is 2. The van der Waals surface area contributed by atoms with Crippen molar-refractivity contribution in [3.63, 3.8) is 0 Å². The van der Waals surface area contributed by atoms with E-state index in [-0.39, 0.29) is 5.91 Å². The molecule has 0 radical (unpaired) electrons. The van der Waals surface area contributed by atoms with Crippen LogP contribution in [0.25, 0.3) is 10.9 Å². The minimum absolute atomic E-state index is 0.105. The van der Waals surface area contributed by atoms with E-state index in [1.807, 2.05) is 42.6 Å². The molecule has 0 fully saturated rings. The molecule has 3 aromatic rings. The van der Waals surface area contributed by atoms with Gasteiger partial charge in [0.15, 0.2) is 0 Å². The van der Waals surface area contributed by atoms with E-state index in [1.54, 1.807) is 16.7 Å². The summed E-state index contributed by atoms with van der Waals surface area (Å²) in [5.41, 5.74) is 6.46. The molecule has 0 bridgehead atoms. The van der Waals surface area contributed by atoms with Gasteiger partial charge in [-0.1, -0.05) is 41.9 Å². The Kier molecular flexibility index (Phi) is 6.82. The van der Waals surface area contributed by atoms with Crippen LogP contribution in [0, 0.1) is 0 Å². The first kappa shape index (κ1) is 21.5. The van der Waals surface area contributed by atoms with E-state index in [4.69, 9.17) is 21.5 Å². The van der Waals surface area contributed by atoms with Crippen molar-refractivity contribution in [2.75, 3.05) is 6.54 Å². The molecule has 0 spiro atoms. The van der Waals surface area contributed by atoms with Crippen molar-refractivity contribution in [3.05, 3.63) is 70.9 Å². The van der Waals surface area contributed by atoms with Crippen LogP contribution in [-0.4, -0.2) is 29.2 Å². The molecule has 3 rings (SSSR count). The Morgan fingerprint density at radius 1 is 1.07 bits per heavy atom. The molecule has 0 aliphatic heterocycles. The third-order valence-corrected chi connectivity index (χ3v) is 4.12. The molecule has 0 saturated carbocycles. The second kappa shape index (κ2) is 8.90. The third kappa shape index (κ3) is 4.90. The normalized spacial score (nSPS) is 11.0. The van der Waals surface area contributed by atoms with Gasteiger partial charge in [0, 0.05) is 18.0 Å².